The Morgan fingerprint density at radius 3 is 2.48 bits per heavy atom. The number of fused-ring (bicyclic) bond motifs is 3. The molecule has 0 spiro atoms. The van der Waals surface area contributed by atoms with Gasteiger partial charge in [0.2, 0.25) is 5.60 Å². The van der Waals surface area contributed by atoms with Crippen LogP contribution in [-0.4, -0.2) is 46.8 Å². The van der Waals surface area contributed by atoms with Crippen molar-refractivity contribution < 1.29 is 14.6 Å². The van der Waals surface area contributed by atoms with E-state index in [4.69, 9.17) is 4.74 Å². The number of aliphatic hydroxyl groups is 1. The smallest absolute Gasteiger partial charge is 0.351 e. The highest BCUT2D eigenvalue weighted by Gasteiger charge is 2.49. The Morgan fingerprint density at radius 2 is 1.91 bits per heavy atom. The Balaban J connectivity index is 1.76. The Hall–Kier alpha value is -1.05. The fourth-order valence-corrected chi connectivity index (χ4v) is 4.83. The van der Waals surface area contributed by atoms with E-state index in [1.165, 1.54) is 0 Å². The maximum atomic E-state index is 12.9. The van der Waals surface area contributed by atoms with Crippen molar-refractivity contribution in [3.8, 4) is 11.8 Å². The van der Waals surface area contributed by atoms with E-state index >= 15 is 0 Å². The second-order valence-corrected chi connectivity index (χ2v) is 7.34. The lowest BCUT2D eigenvalue weighted by Gasteiger charge is -2.50. The van der Waals surface area contributed by atoms with Crippen LogP contribution in [0.25, 0.3) is 0 Å². The summed E-state index contributed by atoms with van der Waals surface area (Å²) in [5, 5.41) is 11.0. The second kappa shape index (κ2) is 6.83. The molecule has 23 heavy (non-hydrogen) atoms. The van der Waals surface area contributed by atoms with Gasteiger partial charge in [-0.2, -0.15) is 0 Å². The molecule has 0 aromatic carbocycles. The molecule has 0 aromatic rings. The van der Waals surface area contributed by atoms with E-state index in [-0.39, 0.29) is 12.0 Å². The number of hydrogen-bond donors (Lipinski definition) is 1. The van der Waals surface area contributed by atoms with E-state index < -0.39 is 11.6 Å². The number of nitrogens with zero attached hydrogens (tertiary/aromatic N) is 1. The monoisotopic (exact) mass is 319 g/mol. The minimum Gasteiger partial charge on any atom is -0.458 e. The number of esters is 1. The van der Waals surface area contributed by atoms with Gasteiger partial charge in [0.25, 0.3) is 0 Å². The van der Waals surface area contributed by atoms with Crippen LogP contribution >= 0.6 is 0 Å². The first-order valence-electron chi connectivity index (χ1n) is 9.21. The molecule has 4 fully saturated rings. The summed E-state index contributed by atoms with van der Waals surface area (Å²) in [4.78, 5) is 15.3. The largest absolute Gasteiger partial charge is 0.458 e. The molecular formula is C19H29NO3. The van der Waals surface area contributed by atoms with Crippen molar-refractivity contribution in [3.63, 3.8) is 0 Å². The fourth-order valence-electron chi connectivity index (χ4n) is 4.83. The lowest BCUT2D eigenvalue weighted by Crippen LogP contribution is -2.60. The van der Waals surface area contributed by atoms with Gasteiger partial charge in [0.1, 0.15) is 6.10 Å². The summed E-state index contributed by atoms with van der Waals surface area (Å²) in [7, 11) is 0. The molecule has 3 heterocycles. The van der Waals surface area contributed by atoms with Gasteiger partial charge in [-0.25, -0.2) is 4.79 Å². The molecule has 3 aliphatic heterocycles. The van der Waals surface area contributed by atoms with E-state index in [1.54, 1.807) is 6.92 Å². The van der Waals surface area contributed by atoms with E-state index in [0.717, 1.165) is 58.0 Å². The number of piperidine rings is 3. The average molecular weight is 319 g/mol. The topological polar surface area (TPSA) is 49.8 Å². The molecule has 0 radical (unpaired) electrons. The van der Waals surface area contributed by atoms with Crippen LogP contribution in [0.1, 0.15) is 58.8 Å². The highest BCUT2D eigenvalue weighted by molar-refractivity contribution is 5.84. The molecule has 4 aliphatic rings. The van der Waals surface area contributed by atoms with Crippen LogP contribution in [0.5, 0.6) is 0 Å². The predicted octanol–water partition coefficient (Wildman–Crippen LogP) is 2.35. The molecule has 128 valence electrons. The first-order chi connectivity index (χ1) is 11.1. The van der Waals surface area contributed by atoms with Gasteiger partial charge in [-0.05, 0) is 58.0 Å². The summed E-state index contributed by atoms with van der Waals surface area (Å²) >= 11 is 0. The minimum atomic E-state index is -1.62. The van der Waals surface area contributed by atoms with E-state index in [0.29, 0.717) is 12.0 Å². The summed E-state index contributed by atoms with van der Waals surface area (Å²) < 4.78 is 5.93. The van der Waals surface area contributed by atoms with E-state index in [2.05, 4.69) is 23.7 Å². The van der Waals surface area contributed by atoms with Crippen LogP contribution in [0.15, 0.2) is 0 Å². The Morgan fingerprint density at radius 1 is 1.26 bits per heavy atom. The van der Waals surface area contributed by atoms with Crippen LogP contribution < -0.4 is 0 Å². The predicted molar refractivity (Wildman–Crippen MR) is 88.6 cm³/mol. The quantitative estimate of drug-likeness (QED) is 0.638. The molecule has 1 saturated carbocycles. The Bertz CT molecular complexity index is 494. The molecule has 3 saturated heterocycles. The zero-order chi connectivity index (χ0) is 16.4. The van der Waals surface area contributed by atoms with Gasteiger partial charge in [0.05, 0.1) is 0 Å². The van der Waals surface area contributed by atoms with Crippen molar-refractivity contribution in [2.24, 2.45) is 11.8 Å². The van der Waals surface area contributed by atoms with Crippen LogP contribution in [0.3, 0.4) is 0 Å². The van der Waals surface area contributed by atoms with Crippen molar-refractivity contribution in [1.82, 2.24) is 4.90 Å². The molecule has 4 nitrogen and oxygen atoms in total. The number of carbonyl (C=O) groups is 1. The maximum absolute atomic E-state index is 12.9. The standard InChI is InChI=1S/C19H29NO3/c1-3-11-19(22,15-7-5-6-8-15)18(21)23-17-14-9-12-20(13-10-14)16(17)4-2/h14-17,22H,4-10,12-13H2,1-2H3/t16-,17-,19-/m1/s1. The zero-order valence-corrected chi connectivity index (χ0v) is 14.4. The van der Waals surface area contributed by atoms with Gasteiger partial charge in [-0.3, -0.25) is 4.90 Å². The van der Waals surface area contributed by atoms with Gasteiger partial charge in [-0.1, -0.05) is 25.7 Å². The summed E-state index contributed by atoms with van der Waals surface area (Å²) in [5.74, 6) is 5.39. The molecule has 0 aromatic heterocycles. The zero-order valence-electron chi connectivity index (χ0n) is 14.4. The van der Waals surface area contributed by atoms with E-state index in [9.17, 15) is 9.90 Å². The first kappa shape index (κ1) is 16.8. The number of ether oxygens (including phenoxy) is 1. The van der Waals surface area contributed by atoms with Gasteiger partial charge >= 0.3 is 5.97 Å². The SMILES string of the molecule is CC#C[C@](O)(C(=O)O[C@@H]1C2CCN(CC2)[C@@H]1CC)C1CCCC1. The van der Waals surface area contributed by atoms with Crippen molar-refractivity contribution in [1.29, 1.82) is 0 Å². The lowest BCUT2D eigenvalue weighted by atomic mass is 9.79. The van der Waals surface area contributed by atoms with Crippen LogP contribution in [-0.2, 0) is 9.53 Å². The summed E-state index contributed by atoms with van der Waals surface area (Å²) in [5.41, 5.74) is -1.62. The van der Waals surface area contributed by atoms with Gasteiger partial charge < -0.3 is 9.84 Å². The van der Waals surface area contributed by atoms with Crippen LogP contribution in [0.4, 0.5) is 0 Å². The third-order valence-corrected chi connectivity index (χ3v) is 6.12. The van der Waals surface area contributed by atoms with Gasteiger partial charge in [-0.15, -0.1) is 5.92 Å². The fraction of sp³-hybridized carbons (Fsp3) is 0.842. The number of carbonyl (C=O) groups excluding carboxylic acids is 1. The van der Waals surface area contributed by atoms with Crippen molar-refractivity contribution >= 4 is 5.97 Å². The molecule has 3 atom stereocenters. The highest BCUT2D eigenvalue weighted by Crippen LogP contribution is 2.39. The highest BCUT2D eigenvalue weighted by atomic mass is 16.6. The maximum Gasteiger partial charge on any atom is 0.351 e. The van der Waals surface area contributed by atoms with Crippen molar-refractivity contribution in [3.05, 3.63) is 0 Å². The molecule has 0 amide bonds. The number of hydrogen-bond acceptors (Lipinski definition) is 4. The van der Waals surface area contributed by atoms with E-state index in [1.807, 2.05) is 0 Å². The van der Waals surface area contributed by atoms with Gasteiger partial charge in [0.15, 0.2) is 0 Å². The van der Waals surface area contributed by atoms with Crippen molar-refractivity contribution in [2.75, 3.05) is 13.1 Å². The van der Waals surface area contributed by atoms with Gasteiger partial charge in [0, 0.05) is 12.0 Å². The first-order valence-corrected chi connectivity index (χ1v) is 9.21. The molecule has 4 heteroatoms. The van der Waals surface area contributed by atoms with Crippen molar-refractivity contribution in [2.45, 2.75) is 76.5 Å². The molecule has 1 N–H and O–H groups in total. The minimum absolute atomic E-state index is 0.0800. The molecular weight excluding hydrogens is 290 g/mol. The third kappa shape index (κ3) is 3.02. The molecule has 1 aliphatic carbocycles. The van der Waals surface area contributed by atoms with Crippen LogP contribution in [0, 0.1) is 23.7 Å². The number of rotatable bonds is 4. The molecule has 2 bridgehead atoms. The second-order valence-electron chi connectivity index (χ2n) is 7.34. The third-order valence-electron chi connectivity index (χ3n) is 6.12. The summed E-state index contributed by atoms with van der Waals surface area (Å²) in [6.45, 7) is 6.05. The normalized spacial score (nSPS) is 36.1. The van der Waals surface area contributed by atoms with Crippen LogP contribution in [0.2, 0.25) is 0 Å². The molecule has 4 rings (SSSR count). The summed E-state index contributed by atoms with van der Waals surface area (Å²) in [6, 6.07) is 0.300. The summed E-state index contributed by atoms with van der Waals surface area (Å²) in [6.07, 6.45) is 6.92. The molecule has 0 unspecified atom stereocenters. The lowest BCUT2D eigenvalue weighted by molar-refractivity contribution is -0.185. The Labute approximate surface area is 139 Å². The average Bonchev–Trinajstić information content (AvgIpc) is 3.11. The Kier molecular flexibility index (Phi) is 4.98.